The van der Waals surface area contributed by atoms with E-state index in [1.54, 1.807) is 6.07 Å². The van der Waals surface area contributed by atoms with Crippen molar-refractivity contribution in [3.63, 3.8) is 0 Å². The monoisotopic (exact) mass is 435 g/mol. The van der Waals surface area contributed by atoms with Crippen LogP contribution in [0, 0.1) is 0 Å². The summed E-state index contributed by atoms with van der Waals surface area (Å²) < 4.78 is 65.2. The molecule has 0 radical (unpaired) electrons. The lowest BCUT2D eigenvalue weighted by Crippen LogP contribution is -2.48. The number of benzene rings is 2. The number of hydrogen-bond donors (Lipinski definition) is 1. The first kappa shape index (κ1) is 22.5. The van der Waals surface area contributed by atoms with Gasteiger partial charge in [0, 0.05) is 38.4 Å². The molecule has 3 rings (SSSR count). The fraction of sp³-hybridized carbons (Fsp3) is 0.333. The van der Waals surface area contributed by atoms with Crippen LogP contribution < -0.4 is 5.73 Å². The predicted octanol–water partition coefficient (Wildman–Crippen LogP) is 3.22. The van der Waals surface area contributed by atoms with Crippen LogP contribution in [0.1, 0.15) is 11.1 Å². The number of rotatable bonds is 4. The van der Waals surface area contributed by atoms with Crippen LogP contribution in [0.3, 0.4) is 0 Å². The number of alkyl halides is 3. The van der Waals surface area contributed by atoms with E-state index < -0.39 is 21.8 Å². The third-order valence-corrected chi connectivity index (χ3v) is 6.38. The van der Waals surface area contributed by atoms with E-state index >= 15 is 0 Å². The molecule has 2 N–H and O–H groups in total. The molecule has 28 heavy (non-hydrogen) atoms. The number of halogens is 4. The van der Waals surface area contributed by atoms with E-state index in [9.17, 15) is 21.6 Å². The summed E-state index contributed by atoms with van der Waals surface area (Å²) in [5, 5.41) is 0. The number of sulfonamides is 1. The zero-order valence-corrected chi connectivity index (χ0v) is 16.5. The lowest BCUT2D eigenvalue weighted by Gasteiger charge is -2.34. The Labute approximate surface area is 168 Å². The van der Waals surface area contributed by atoms with Gasteiger partial charge in [-0.3, -0.25) is 4.90 Å². The van der Waals surface area contributed by atoms with Crippen LogP contribution in [-0.4, -0.2) is 43.8 Å². The minimum absolute atomic E-state index is 0. The molecule has 1 fully saturated rings. The van der Waals surface area contributed by atoms with Crippen molar-refractivity contribution in [2.75, 3.05) is 31.9 Å². The summed E-state index contributed by atoms with van der Waals surface area (Å²) in [5.41, 5.74) is 6.49. The number of anilines is 1. The molecule has 1 saturated heterocycles. The third kappa shape index (κ3) is 5.16. The molecule has 0 atom stereocenters. The van der Waals surface area contributed by atoms with Crippen molar-refractivity contribution in [1.29, 1.82) is 0 Å². The largest absolute Gasteiger partial charge is 0.416 e. The summed E-state index contributed by atoms with van der Waals surface area (Å²) in [4.78, 5) is 1.76. The van der Waals surface area contributed by atoms with Crippen LogP contribution in [0.15, 0.2) is 53.4 Å². The molecule has 154 valence electrons. The van der Waals surface area contributed by atoms with Crippen molar-refractivity contribution in [3.05, 3.63) is 59.7 Å². The number of nitrogen functional groups attached to an aromatic ring is 1. The van der Waals surface area contributed by atoms with Crippen molar-refractivity contribution in [3.8, 4) is 0 Å². The van der Waals surface area contributed by atoms with Crippen LogP contribution in [0.5, 0.6) is 0 Å². The van der Waals surface area contributed by atoms with Crippen molar-refractivity contribution in [2.24, 2.45) is 0 Å². The lowest BCUT2D eigenvalue weighted by molar-refractivity contribution is -0.137. The molecule has 0 saturated carbocycles. The first-order valence-electron chi connectivity index (χ1n) is 8.40. The Bertz CT molecular complexity index is 914. The molecule has 0 spiro atoms. The second-order valence-corrected chi connectivity index (χ2v) is 8.39. The first-order valence-corrected chi connectivity index (χ1v) is 9.84. The summed E-state index contributed by atoms with van der Waals surface area (Å²) >= 11 is 0. The van der Waals surface area contributed by atoms with Gasteiger partial charge in [-0.2, -0.15) is 17.5 Å². The van der Waals surface area contributed by atoms with E-state index in [0.717, 1.165) is 17.7 Å². The second kappa shape index (κ2) is 8.69. The highest BCUT2D eigenvalue weighted by atomic mass is 35.5. The van der Waals surface area contributed by atoms with Gasteiger partial charge in [-0.1, -0.05) is 18.2 Å². The molecule has 1 heterocycles. The van der Waals surface area contributed by atoms with Crippen molar-refractivity contribution >= 4 is 28.1 Å². The van der Waals surface area contributed by atoms with E-state index in [1.807, 2.05) is 18.2 Å². The first-order chi connectivity index (χ1) is 12.7. The van der Waals surface area contributed by atoms with Crippen LogP contribution in [0.25, 0.3) is 0 Å². The Morgan fingerprint density at radius 3 is 2.21 bits per heavy atom. The topological polar surface area (TPSA) is 66.6 Å². The van der Waals surface area contributed by atoms with Crippen molar-refractivity contribution < 1.29 is 21.6 Å². The highest BCUT2D eigenvalue weighted by Crippen LogP contribution is 2.31. The van der Waals surface area contributed by atoms with E-state index in [2.05, 4.69) is 4.90 Å². The minimum Gasteiger partial charge on any atom is -0.399 e. The van der Waals surface area contributed by atoms with Crippen molar-refractivity contribution in [1.82, 2.24) is 9.21 Å². The van der Waals surface area contributed by atoms with E-state index in [1.165, 1.54) is 10.4 Å². The number of nitrogens with zero attached hydrogens (tertiary/aromatic N) is 2. The van der Waals surface area contributed by atoms with Gasteiger partial charge >= 0.3 is 6.18 Å². The van der Waals surface area contributed by atoms with E-state index in [-0.39, 0.29) is 30.4 Å². The fourth-order valence-corrected chi connectivity index (χ4v) is 4.53. The normalized spacial score (nSPS) is 16.5. The van der Waals surface area contributed by atoms with Gasteiger partial charge in [-0.25, -0.2) is 8.42 Å². The van der Waals surface area contributed by atoms with Gasteiger partial charge in [0.1, 0.15) is 0 Å². The average Bonchev–Trinajstić information content (AvgIpc) is 2.62. The molecule has 0 aromatic heterocycles. The second-order valence-electron chi connectivity index (χ2n) is 6.45. The summed E-state index contributed by atoms with van der Waals surface area (Å²) in [7, 11) is -3.96. The molecular weight excluding hydrogens is 415 g/mol. The third-order valence-electron chi connectivity index (χ3n) is 4.49. The molecule has 0 bridgehead atoms. The minimum atomic E-state index is -4.58. The van der Waals surface area contributed by atoms with Crippen LogP contribution in [0.2, 0.25) is 0 Å². The highest BCUT2D eigenvalue weighted by Gasteiger charge is 2.33. The highest BCUT2D eigenvalue weighted by molar-refractivity contribution is 7.89. The maximum Gasteiger partial charge on any atom is 0.416 e. The van der Waals surface area contributed by atoms with E-state index in [4.69, 9.17) is 5.73 Å². The van der Waals surface area contributed by atoms with Gasteiger partial charge < -0.3 is 5.73 Å². The number of nitrogens with two attached hydrogens (primary N) is 1. The Hall–Kier alpha value is -1.81. The van der Waals surface area contributed by atoms with Gasteiger partial charge in [0.2, 0.25) is 10.0 Å². The Kier molecular flexibility index (Phi) is 6.97. The number of piperazine rings is 1. The zero-order chi connectivity index (χ0) is 19.7. The maximum atomic E-state index is 12.9. The van der Waals surface area contributed by atoms with E-state index in [0.29, 0.717) is 31.4 Å². The Morgan fingerprint density at radius 1 is 0.964 bits per heavy atom. The quantitative estimate of drug-likeness (QED) is 0.749. The predicted molar refractivity (Wildman–Crippen MR) is 104 cm³/mol. The van der Waals surface area contributed by atoms with Gasteiger partial charge in [-0.05, 0) is 35.9 Å². The summed E-state index contributed by atoms with van der Waals surface area (Å²) in [6.07, 6.45) is -4.58. The maximum absolute atomic E-state index is 12.9. The van der Waals surface area contributed by atoms with Gasteiger partial charge in [0.05, 0.1) is 10.5 Å². The fourth-order valence-electron chi connectivity index (χ4n) is 3.06. The molecule has 1 aliphatic rings. The molecule has 10 heteroatoms. The molecule has 1 aliphatic heterocycles. The molecular formula is C18H21ClF3N3O2S. The molecule has 5 nitrogen and oxygen atoms in total. The standard InChI is InChI=1S/C18H20F3N3O2S.ClH/c19-18(20,21)15-4-2-6-17(12-15)27(25,26)24-9-7-23(8-10-24)13-14-3-1-5-16(22)11-14;/h1-6,11-12H,7-10,13,22H2;1H. The molecule has 0 amide bonds. The average molecular weight is 436 g/mol. The van der Waals surface area contributed by atoms with Crippen LogP contribution >= 0.6 is 12.4 Å². The van der Waals surface area contributed by atoms with Crippen LogP contribution in [0.4, 0.5) is 18.9 Å². The van der Waals surface area contributed by atoms with Gasteiger partial charge in [0.15, 0.2) is 0 Å². The molecule has 0 unspecified atom stereocenters. The van der Waals surface area contributed by atoms with Crippen molar-refractivity contribution in [2.45, 2.75) is 17.6 Å². The lowest BCUT2D eigenvalue weighted by atomic mass is 10.2. The van der Waals surface area contributed by atoms with Crippen LogP contribution in [-0.2, 0) is 22.7 Å². The van der Waals surface area contributed by atoms with Gasteiger partial charge in [-0.15, -0.1) is 12.4 Å². The summed E-state index contributed by atoms with van der Waals surface area (Å²) in [6, 6.07) is 11.3. The Balaban J connectivity index is 0.00000280. The summed E-state index contributed by atoms with van der Waals surface area (Å²) in [5.74, 6) is 0. The molecule has 2 aromatic carbocycles. The number of hydrogen-bond acceptors (Lipinski definition) is 4. The zero-order valence-electron chi connectivity index (χ0n) is 14.9. The molecule has 0 aliphatic carbocycles. The SMILES string of the molecule is Cl.Nc1cccc(CN2CCN(S(=O)(=O)c3cccc(C(F)(F)F)c3)CC2)c1. The molecule has 2 aromatic rings. The Morgan fingerprint density at radius 2 is 1.61 bits per heavy atom. The van der Waals surface area contributed by atoms with Gasteiger partial charge in [0.25, 0.3) is 0 Å². The smallest absolute Gasteiger partial charge is 0.399 e. The summed E-state index contributed by atoms with van der Waals surface area (Å²) in [6.45, 7) is 2.07.